The molecule has 0 saturated heterocycles. The van der Waals surface area contributed by atoms with Gasteiger partial charge in [-0.3, -0.25) is 14.4 Å². The van der Waals surface area contributed by atoms with Crippen molar-refractivity contribution in [1.29, 1.82) is 0 Å². The first-order valence-electron chi connectivity index (χ1n) is 7.55. The molecule has 0 amide bonds. The smallest absolute Gasteiger partial charge is 0.870 e. The second-order valence-corrected chi connectivity index (χ2v) is 4.84. The van der Waals surface area contributed by atoms with Crippen molar-refractivity contribution in [3.05, 3.63) is 0 Å². The van der Waals surface area contributed by atoms with Crippen LogP contribution in [0.15, 0.2) is 0 Å². The number of esters is 1. The zero-order chi connectivity index (χ0) is 19.7. The molecule has 3 unspecified atom stereocenters. The third-order valence-corrected chi connectivity index (χ3v) is 3.03. The van der Waals surface area contributed by atoms with E-state index in [1.807, 2.05) is 6.92 Å². The van der Waals surface area contributed by atoms with E-state index in [4.69, 9.17) is 26.2 Å². The van der Waals surface area contributed by atoms with Gasteiger partial charge < -0.3 is 36.4 Å². The number of rotatable bonds is 8. The van der Waals surface area contributed by atoms with Gasteiger partial charge in [0, 0.05) is 0 Å². The van der Waals surface area contributed by atoms with Gasteiger partial charge in [-0.1, -0.05) is 43.6 Å². The molecule has 184 valence electrons. The third-order valence-electron chi connectivity index (χ3n) is 3.03. The fourth-order valence-electron chi connectivity index (χ4n) is 1.05. The molecule has 0 bridgehead atoms. The number of carboxylic acid groups (broad SMARTS) is 1. The summed E-state index contributed by atoms with van der Waals surface area (Å²) >= 11 is 0. The number of nitrogens with two attached hydrogens (primary N) is 1. The Labute approximate surface area is 195 Å². The van der Waals surface area contributed by atoms with Crippen LogP contribution >= 0.6 is 0 Å². The second-order valence-electron chi connectivity index (χ2n) is 4.84. The van der Waals surface area contributed by atoms with Crippen molar-refractivity contribution in [3.63, 3.8) is 0 Å². The van der Waals surface area contributed by atoms with Crippen molar-refractivity contribution < 1.29 is 63.9 Å². The number of ketones is 1. The second kappa shape index (κ2) is 38.6. The number of Topliss-reactive ketones (excluding diaryl/α,β-unsaturated/α-hetero) is 1. The van der Waals surface area contributed by atoms with Crippen molar-refractivity contribution in [1.82, 2.24) is 0 Å². The Morgan fingerprint density at radius 3 is 1.23 bits per heavy atom. The van der Waals surface area contributed by atoms with Crippen LogP contribution in [0.1, 0.15) is 63.3 Å². The molecule has 10 nitrogen and oxygen atoms in total. The molecular weight excluding hydrogens is 393 g/mol. The van der Waals surface area contributed by atoms with Gasteiger partial charge in [-0.15, -0.1) is 0 Å². The van der Waals surface area contributed by atoms with Gasteiger partial charge in [0.05, 0.1) is 44.8 Å². The molecule has 0 aliphatic rings. The molecule has 0 heterocycles. The first kappa shape index (κ1) is 56.8. The quantitative estimate of drug-likeness (QED) is 0.219. The van der Waals surface area contributed by atoms with E-state index in [9.17, 15) is 14.4 Å². The maximum atomic E-state index is 10.6. The Bertz CT molecular complexity index is 351. The summed E-state index contributed by atoms with van der Waals surface area (Å²) < 4.78 is 4.40. The van der Waals surface area contributed by atoms with Gasteiger partial charge in [-0.25, -0.2) is 0 Å². The average Bonchev–Trinajstić information content (AvgIpc) is 2.56. The molecule has 3 atom stereocenters. The van der Waals surface area contributed by atoms with Gasteiger partial charge >= 0.3 is 30.8 Å². The Balaban J connectivity index is -0.0000000288. The summed E-state index contributed by atoms with van der Waals surface area (Å²) in [6, 6.07) is -0.681. The first-order chi connectivity index (χ1) is 11.2. The van der Waals surface area contributed by atoms with Gasteiger partial charge in [-0.2, -0.15) is 0 Å². The molecule has 0 aromatic heterocycles. The largest absolute Gasteiger partial charge is 1.00 e. The van der Waals surface area contributed by atoms with E-state index < -0.39 is 17.9 Å². The molecule has 0 spiro atoms. The number of carbonyl (C=O) groups excluding carboxylic acids is 2. The predicted molar refractivity (Wildman–Crippen MR) is 116 cm³/mol. The van der Waals surface area contributed by atoms with Gasteiger partial charge in [0.15, 0.2) is 0 Å². The van der Waals surface area contributed by atoms with Crippen molar-refractivity contribution in [2.45, 2.75) is 69.4 Å². The van der Waals surface area contributed by atoms with Crippen LogP contribution in [0.5, 0.6) is 0 Å². The van der Waals surface area contributed by atoms with E-state index in [0.29, 0.717) is 12.8 Å². The van der Waals surface area contributed by atoms with E-state index >= 15 is 0 Å². The molecule has 0 aromatic carbocycles. The van der Waals surface area contributed by atoms with Crippen LogP contribution in [0, 0.1) is 11.8 Å². The molecule has 11 heteroatoms. The van der Waals surface area contributed by atoms with Crippen LogP contribution in [0.3, 0.4) is 0 Å². The fraction of sp³-hybridized carbons (Fsp3) is 0.842. The van der Waals surface area contributed by atoms with Crippen LogP contribution in [-0.4, -0.2) is 76.6 Å². The molecule has 0 radical (unpaired) electrons. The van der Waals surface area contributed by atoms with Crippen molar-refractivity contribution in [2.24, 2.45) is 17.6 Å². The number of aliphatic carboxylic acids is 1. The minimum atomic E-state index is -0.921. The van der Waals surface area contributed by atoms with Crippen LogP contribution in [0.4, 0.5) is 0 Å². The number of aliphatic hydroxyl groups excluding tert-OH is 3. The normalized spacial score (nSPS) is 10.5. The first-order valence-corrected chi connectivity index (χ1v) is 7.55. The van der Waals surface area contributed by atoms with Crippen LogP contribution in [0.2, 0.25) is 0 Å². The molecule has 0 aliphatic carbocycles. The SMILES string of the molecule is C.C.C.C.CC(=O)C(N)CO.CCC(CO)C(=O)O.CCC(CO)C(=O)OC.[Li+].[OH-]. The Morgan fingerprint density at radius 1 is 0.867 bits per heavy atom. The number of carbonyl (C=O) groups is 3. The molecule has 30 heavy (non-hydrogen) atoms. The van der Waals surface area contributed by atoms with E-state index in [2.05, 4.69) is 4.74 Å². The average molecular weight is 442 g/mol. The number of ether oxygens (including phenoxy) is 1. The zero-order valence-corrected chi connectivity index (χ0v) is 16.2. The van der Waals surface area contributed by atoms with E-state index in [1.54, 1.807) is 6.92 Å². The minimum absolute atomic E-state index is 0. The van der Waals surface area contributed by atoms with E-state index in [0.717, 1.165) is 0 Å². The number of hydrogen-bond acceptors (Lipinski definition) is 9. The van der Waals surface area contributed by atoms with Crippen LogP contribution in [-0.2, 0) is 19.1 Å². The predicted octanol–water partition coefficient (Wildman–Crippen LogP) is -1.47. The molecule has 0 aromatic rings. The minimum Gasteiger partial charge on any atom is -0.870 e. The monoisotopic (exact) mass is 441 g/mol. The standard InChI is InChI=1S/C6H12O3.C5H10O3.C4H9NO2.4CH4.Li.H2O/c1-3-5(4-7)6(8)9-2;1-2-4(3-6)5(7)8;1-3(7)4(5)2-6;;;;;;/h5,7H,3-4H2,1-2H3;4,6H,2-3H2,1H3,(H,7,8);4,6H,2,5H2,1H3;4*1H4;;1H2/q;;;;;;;+1;/p-1. The summed E-state index contributed by atoms with van der Waals surface area (Å²) in [5.41, 5.74) is 5.02. The zero-order valence-electron chi connectivity index (χ0n) is 16.2. The number of aliphatic hydroxyl groups is 3. The van der Waals surface area contributed by atoms with Crippen molar-refractivity contribution in [3.8, 4) is 0 Å². The third kappa shape index (κ3) is 34.5. The van der Waals surface area contributed by atoms with Crippen molar-refractivity contribution in [2.75, 3.05) is 26.9 Å². The van der Waals surface area contributed by atoms with E-state index in [1.165, 1.54) is 14.0 Å². The van der Waals surface area contributed by atoms with Crippen LogP contribution < -0.4 is 24.6 Å². The van der Waals surface area contributed by atoms with Gasteiger partial charge in [0.2, 0.25) is 0 Å². The molecule has 0 rings (SSSR count). The van der Waals surface area contributed by atoms with E-state index in [-0.39, 0.29) is 91.5 Å². The number of carboxylic acids is 1. The van der Waals surface area contributed by atoms with Crippen LogP contribution in [0.25, 0.3) is 0 Å². The topological polar surface area (TPSA) is 197 Å². The summed E-state index contributed by atoms with van der Waals surface area (Å²) in [7, 11) is 1.32. The Kier molecular flexibility index (Phi) is 73.1. The van der Waals surface area contributed by atoms with Gasteiger partial charge in [-0.05, 0) is 19.8 Å². The summed E-state index contributed by atoms with van der Waals surface area (Å²) in [6.07, 6.45) is 1.12. The Hall–Kier alpha value is -0.993. The molecular formula is C19H48LiNO9. The summed E-state index contributed by atoms with van der Waals surface area (Å²) in [4.78, 5) is 30.7. The molecule has 0 saturated carbocycles. The van der Waals surface area contributed by atoms with Crippen molar-refractivity contribution >= 4 is 17.7 Å². The maximum Gasteiger partial charge on any atom is 1.00 e. The summed E-state index contributed by atoms with van der Waals surface area (Å²) in [6.45, 7) is 4.28. The molecule has 0 fully saturated rings. The van der Waals surface area contributed by atoms with Gasteiger partial charge in [0.1, 0.15) is 5.78 Å². The maximum absolute atomic E-state index is 10.6. The molecule has 7 N–H and O–H groups in total. The summed E-state index contributed by atoms with van der Waals surface area (Å²) in [5, 5.41) is 33.2. The van der Waals surface area contributed by atoms with Gasteiger partial charge in [0.25, 0.3) is 0 Å². The number of methoxy groups -OCH3 is 1. The Morgan fingerprint density at radius 2 is 1.20 bits per heavy atom. The number of hydrogen-bond donors (Lipinski definition) is 5. The fourth-order valence-corrected chi connectivity index (χ4v) is 1.05. The molecule has 0 aliphatic heterocycles. The summed E-state index contributed by atoms with van der Waals surface area (Å²) in [5.74, 6) is -2.34.